The van der Waals surface area contributed by atoms with Gasteiger partial charge in [-0.05, 0) is 150 Å². The summed E-state index contributed by atoms with van der Waals surface area (Å²) >= 11 is 0. The number of allylic oxidation sites excluding steroid dienone is 4. The van der Waals surface area contributed by atoms with Crippen molar-refractivity contribution in [1.29, 1.82) is 0 Å². The topological polar surface area (TPSA) is 3.24 Å². The van der Waals surface area contributed by atoms with E-state index < -0.39 is 0 Å². The van der Waals surface area contributed by atoms with Crippen LogP contribution in [0.1, 0.15) is 63.3 Å². The Labute approximate surface area is 367 Å². The van der Waals surface area contributed by atoms with Crippen LogP contribution in [-0.2, 0) is 10.8 Å². The smallest absolute Gasteiger partial charge is 0.0462 e. The number of nitrogens with zero attached hydrogens (tertiary/aromatic N) is 1. The quantitative estimate of drug-likeness (QED) is 0.155. The third-order valence-electron chi connectivity index (χ3n) is 14.2. The van der Waals surface area contributed by atoms with Crippen LogP contribution in [0.3, 0.4) is 0 Å². The maximum Gasteiger partial charge on any atom is 0.0462 e. The van der Waals surface area contributed by atoms with Gasteiger partial charge in [0, 0.05) is 27.9 Å². The molecule has 1 unspecified atom stereocenters. The Kier molecular flexibility index (Phi) is 8.95. The zero-order chi connectivity index (χ0) is 42.2. The number of anilines is 3. The number of benzene rings is 8. The SMILES string of the molecule is CC1CC=CC2=C1C(C)(C)c1cc(-c3ccc(N(c4ccc(-c5ccc(-c6ccccc6)cc5)cc4)c4ccc(-c5ccc6c(c5)C(C)(C)c5ccccc5-6)cc4)cc3)ccc12. The van der Waals surface area contributed by atoms with E-state index in [9.17, 15) is 0 Å². The fourth-order valence-electron chi connectivity index (χ4n) is 10.9. The van der Waals surface area contributed by atoms with Crippen molar-refractivity contribution in [2.24, 2.45) is 5.92 Å². The highest BCUT2D eigenvalue weighted by Gasteiger charge is 2.40. The van der Waals surface area contributed by atoms with E-state index in [1.54, 1.807) is 5.57 Å². The average Bonchev–Trinajstić information content (AvgIpc) is 3.69. The van der Waals surface area contributed by atoms with Crippen LogP contribution in [0, 0.1) is 5.92 Å². The van der Waals surface area contributed by atoms with Crippen molar-refractivity contribution in [3.63, 3.8) is 0 Å². The minimum Gasteiger partial charge on any atom is -0.311 e. The van der Waals surface area contributed by atoms with Crippen molar-refractivity contribution in [3.8, 4) is 55.6 Å². The van der Waals surface area contributed by atoms with Crippen LogP contribution in [0.25, 0.3) is 61.2 Å². The molecule has 0 amide bonds. The highest BCUT2D eigenvalue weighted by atomic mass is 15.1. The monoisotopic (exact) mass is 797 g/mol. The van der Waals surface area contributed by atoms with Crippen LogP contribution in [0.2, 0.25) is 0 Å². The van der Waals surface area contributed by atoms with Gasteiger partial charge in [0.2, 0.25) is 0 Å². The standard InChI is InChI=1S/C61H51N/c1-40-12-11-16-55-54-37-29-48(39-58(54)61(4,5)59(40)55)46-26-34-51(35-27-46)62(49-30-22-44(23-31-49)43-20-18-42(19-21-43)41-13-7-6-8-14-41)50-32-24-45(25-33-50)47-28-36-53-52-15-9-10-17-56(52)60(2,3)57(53)38-47/h6-11,13-40H,12H2,1-5H3. The van der Waals surface area contributed by atoms with E-state index in [2.05, 4.69) is 240 Å². The van der Waals surface area contributed by atoms with Crippen LogP contribution < -0.4 is 4.90 Å². The van der Waals surface area contributed by atoms with E-state index in [-0.39, 0.29) is 10.8 Å². The molecular weight excluding hydrogens is 747 g/mol. The Hall–Kier alpha value is -6.96. The molecular formula is C61H51N. The zero-order valence-corrected chi connectivity index (χ0v) is 36.3. The molecule has 1 heteroatoms. The second-order valence-electron chi connectivity index (χ2n) is 18.6. The van der Waals surface area contributed by atoms with Crippen molar-refractivity contribution in [3.05, 3.63) is 228 Å². The molecule has 1 atom stereocenters. The molecule has 0 bridgehead atoms. The van der Waals surface area contributed by atoms with Crippen molar-refractivity contribution in [2.75, 3.05) is 4.90 Å². The van der Waals surface area contributed by atoms with Crippen LogP contribution >= 0.6 is 0 Å². The summed E-state index contributed by atoms with van der Waals surface area (Å²) in [5.74, 6) is 0.563. The molecule has 0 aromatic heterocycles. The van der Waals surface area contributed by atoms with Gasteiger partial charge in [-0.25, -0.2) is 0 Å². The van der Waals surface area contributed by atoms with Crippen molar-refractivity contribution >= 4 is 22.6 Å². The molecule has 3 aliphatic rings. The fraction of sp³-hybridized carbons (Fsp3) is 0.148. The summed E-state index contributed by atoms with van der Waals surface area (Å²) in [7, 11) is 0. The first kappa shape index (κ1) is 38.0. The molecule has 0 spiro atoms. The second kappa shape index (κ2) is 14.6. The summed E-state index contributed by atoms with van der Waals surface area (Å²) in [6, 6.07) is 69.8. The molecule has 8 aromatic carbocycles. The van der Waals surface area contributed by atoms with E-state index in [1.807, 2.05) is 0 Å². The molecule has 11 rings (SSSR count). The van der Waals surface area contributed by atoms with Gasteiger partial charge in [-0.3, -0.25) is 0 Å². The summed E-state index contributed by atoms with van der Waals surface area (Å²) in [5, 5.41) is 0. The van der Waals surface area contributed by atoms with E-state index in [0.29, 0.717) is 5.92 Å². The largest absolute Gasteiger partial charge is 0.311 e. The summed E-state index contributed by atoms with van der Waals surface area (Å²) in [5.41, 5.74) is 24.5. The van der Waals surface area contributed by atoms with Gasteiger partial charge in [-0.15, -0.1) is 0 Å². The van der Waals surface area contributed by atoms with E-state index >= 15 is 0 Å². The lowest BCUT2D eigenvalue weighted by Gasteiger charge is -2.30. The van der Waals surface area contributed by atoms with Crippen LogP contribution in [0.5, 0.6) is 0 Å². The fourth-order valence-corrected chi connectivity index (χ4v) is 10.9. The lowest BCUT2D eigenvalue weighted by Crippen LogP contribution is -2.22. The third-order valence-corrected chi connectivity index (χ3v) is 14.2. The van der Waals surface area contributed by atoms with Crippen LogP contribution in [0.4, 0.5) is 17.1 Å². The maximum absolute atomic E-state index is 2.45. The number of hydrogen-bond acceptors (Lipinski definition) is 1. The van der Waals surface area contributed by atoms with Gasteiger partial charge in [-0.1, -0.05) is 186 Å². The van der Waals surface area contributed by atoms with E-state index in [1.165, 1.54) is 83.5 Å². The normalized spacial score (nSPS) is 16.4. The molecule has 0 saturated heterocycles. The summed E-state index contributed by atoms with van der Waals surface area (Å²) in [6.07, 6.45) is 5.83. The van der Waals surface area contributed by atoms with E-state index in [0.717, 1.165) is 23.5 Å². The Morgan fingerprint density at radius 3 is 1.34 bits per heavy atom. The summed E-state index contributed by atoms with van der Waals surface area (Å²) in [6.45, 7) is 11.9. The molecule has 0 radical (unpaired) electrons. The number of hydrogen-bond donors (Lipinski definition) is 0. The first-order valence-corrected chi connectivity index (χ1v) is 22.2. The Bertz CT molecular complexity index is 3050. The Balaban J connectivity index is 0.932. The Morgan fingerprint density at radius 2 is 0.790 bits per heavy atom. The predicted molar refractivity (Wildman–Crippen MR) is 263 cm³/mol. The van der Waals surface area contributed by atoms with Gasteiger partial charge in [0.25, 0.3) is 0 Å². The molecule has 0 saturated carbocycles. The highest BCUT2D eigenvalue weighted by Crippen LogP contribution is 2.53. The average molecular weight is 798 g/mol. The second-order valence-corrected chi connectivity index (χ2v) is 18.6. The van der Waals surface area contributed by atoms with Gasteiger partial charge in [-0.2, -0.15) is 0 Å². The van der Waals surface area contributed by atoms with Gasteiger partial charge in [0.1, 0.15) is 0 Å². The zero-order valence-electron chi connectivity index (χ0n) is 36.3. The van der Waals surface area contributed by atoms with Crippen molar-refractivity contribution in [1.82, 2.24) is 0 Å². The molecule has 0 fully saturated rings. The van der Waals surface area contributed by atoms with Crippen LogP contribution in [0.15, 0.2) is 206 Å². The van der Waals surface area contributed by atoms with Crippen molar-refractivity contribution in [2.45, 2.75) is 51.9 Å². The molecule has 8 aromatic rings. The third kappa shape index (κ3) is 6.21. The highest BCUT2D eigenvalue weighted by molar-refractivity contribution is 5.89. The minimum absolute atomic E-state index is 0.0187. The first-order chi connectivity index (χ1) is 30.1. The molecule has 3 aliphatic carbocycles. The maximum atomic E-state index is 2.45. The number of rotatable bonds is 7. The van der Waals surface area contributed by atoms with Gasteiger partial charge < -0.3 is 4.90 Å². The number of fused-ring (bicyclic) bond motifs is 5. The molecule has 300 valence electrons. The molecule has 0 aliphatic heterocycles. The lowest BCUT2D eigenvalue weighted by atomic mass is 9.74. The molecule has 1 nitrogen and oxygen atoms in total. The van der Waals surface area contributed by atoms with Gasteiger partial charge in [0.15, 0.2) is 0 Å². The van der Waals surface area contributed by atoms with E-state index in [4.69, 9.17) is 0 Å². The van der Waals surface area contributed by atoms with Crippen molar-refractivity contribution < 1.29 is 0 Å². The molecule has 0 heterocycles. The predicted octanol–water partition coefficient (Wildman–Crippen LogP) is 16.8. The molecule has 62 heavy (non-hydrogen) atoms. The summed E-state index contributed by atoms with van der Waals surface area (Å²) in [4.78, 5) is 2.38. The summed E-state index contributed by atoms with van der Waals surface area (Å²) < 4.78 is 0. The lowest BCUT2D eigenvalue weighted by molar-refractivity contribution is 0.530. The Morgan fingerprint density at radius 1 is 0.387 bits per heavy atom. The van der Waals surface area contributed by atoms with Gasteiger partial charge in [0.05, 0.1) is 0 Å². The van der Waals surface area contributed by atoms with Crippen LogP contribution in [-0.4, -0.2) is 0 Å². The molecule has 0 N–H and O–H groups in total. The van der Waals surface area contributed by atoms with Gasteiger partial charge >= 0.3 is 0 Å². The minimum atomic E-state index is -0.0385. The first-order valence-electron chi connectivity index (χ1n) is 22.2.